The molecule has 2 aromatic carbocycles. The largest absolute Gasteiger partial charge is 0.481 e. The first-order valence-electron chi connectivity index (χ1n) is 8.15. The molecular weight excluding hydrogens is 382 g/mol. The van der Waals surface area contributed by atoms with E-state index in [9.17, 15) is 9.59 Å². The van der Waals surface area contributed by atoms with Gasteiger partial charge in [-0.3, -0.25) is 9.69 Å². The van der Waals surface area contributed by atoms with E-state index in [1.807, 2.05) is 32.0 Å². The van der Waals surface area contributed by atoms with Gasteiger partial charge in [-0.05, 0) is 49.2 Å². The number of carbonyl (C=O) groups excluding carboxylic acids is 1. The Morgan fingerprint density at radius 2 is 1.96 bits per heavy atom. The third-order valence-electron chi connectivity index (χ3n) is 4.10. The van der Waals surface area contributed by atoms with Crippen molar-refractivity contribution < 1.29 is 19.4 Å². The molecular formula is C20H17NO4S2. The molecule has 1 heterocycles. The number of amides is 1. The highest BCUT2D eigenvalue weighted by atomic mass is 32.2. The van der Waals surface area contributed by atoms with E-state index in [0.717, 1.165) is 16.8 Å². The molecule has 5 nitrogen and oxygen atoms in total. The summed E-state index contributed by atoms with van der Waals surface area (Å²) in [4.78, 5) is 25.6. The molecule has 1 saturated heterocycles. The molecule has 1 amide bonds. The lowest BCUT2D eigenvalue weighted by atomic mass is 10.1. The number of anilines is 1. The summed E-state index contributed by atoms with van der Waals surface area (Å²) in [5, 5.41) is 8.81. The van der Waals surface area contributed by atoms with Crippen molar-refractivity contribution >= 4 is 51.9 Å². The fourth-order valence-corrected chi connectivity index (χ4v) is 3.86. The van der Waals surface area contributed by atoms with Crippen molar-refractivity contribution in [3.05, 3.63) is 64.1 Å². The molecule has 2 aromatic rings. The maximum Gasteiger partial charge on any atom is 0.341 e. The first-order chi connectivity index (χ1) is 12.9. The van der Waals surface area contributed by atoms with Crippen LogP contribution in [-0.2, 0) is 9.59 Å². The standard InChI is InChI=1S/C20H17NO4S2/c1-12-7-8-15(9-13(12)2)21-19(24)17(27-20(21)26)10-14-5-3-4-6-16(14)25-11-18(22)23/h3-10H,11H2,1-2H3,(H,22,23)/b17-10+. The van der Waals surface area contributed by atoms with Crippen LogP contribution in [0.25, 0.3) is 6.08 Å². The summed E-state index contributed by atoms with van der Waals surface area (Å²) in [6.45, 7) is 3.55. The normalized spacial score (nSPS) is 15.5. The van der Waals surface area contributed by atoms with Gasteiger partial charge in [-0.2, -0.15) is 0 Å². The Kier molecular flexibility index (Phi) is 5.62. The van der Waals surface area contributed by atoms with Crippen molar-refractivity contribution in [1.82, 2.24) is 0 Å². The second-order valence-corrected chi connectivity index (χ2v) is 7.68. The Bertz CT molecular complexity index is 968. The van der Waals surface area contributed by atoms with Crippen LogP contribution in [0.2, 0.25) is 0 Å². The number of ether oxygens (including phenoxy) is 1. The Labute approximate surface area is 166 Å². The van der Waals surface area contributed by atoms with E-state index in [4.69, 9.17) is 22.1 Å². The molecule has 0 radical (unpaired) electrons. The number of para-hydroxylation sites is 1. The molecule has 3 rings (SSSR count). The quantitative estimate of drug-likeness (QED) is 0.601. The van der Waals surface area contributed by atoms with E-state index < -0.39 is 12.6 Å². The molecule has 0 aliphatic carbocycles. The zero-order valence-electron chi connectivity index (χ0n) is 14.8. The number of carboxylic acid groups (broad SMARTS) is 1. The van der Waals surface area contributed by atoms with Crippen LogP contribution in [0.3, 0.4) is 0 Å². The minimum atomic E-state index is -1.06. The highest BCUT2D eigenvalue weighted by molar-refractivity contribution is 8.27. The van der Waals surface area contributed by atoms with E-state index in [2.05, 4.69) is 0 Å². The van der Waals surface area contributed by atoms with E-state index in [1.54, 1.807) is 30.3 Å². The van der Waals surface area contributed by atoms with Gasteiger partial charge in [0.2, 0.25) is 0 Å². The average molecular weight is 399 g/mol. The number of nitrogens with zero attached hydrogens (tertiary/aromatic N) is 1. The lowest BCUT2D eigenvalue weighted by Gasteiger charge is -2.16. The third kappa shape index (κ3) is 4.20. The van der Waals surface area contributed by atoms with E-state index in [-0.39, 0.29) is 5.91 Å². The highest BCUT2D eigenvalue weighted by Gasteiger charge is 2.33. The van der Waals surface area contributed by atoms with Crippen LogP contribution in [-0.4, -0.2) is 27.9 Å². The number of benzene rings is 2. The number of carboxylic acids is 1. The maximum absolute atomic E-state index is 12.9. The fourth-order valence-electron chi connectivity index (χ4n) is 2.57. The first-order valence-corrected chi connectivity index (χ1v) is 9.38. The van der Waals surface area contributed by atoms with Crippen LogP contribution in [0.15, 0.2) is 47.4 Å². The molecule has 27 heavy (non-hydrogen) atoms. The number of rotatable bonds is 5. The summed E-state index contributed by atoms with van der Waals surface area (Å²) in [6.07, 6.45) is 1.68. The number of thioether (sulfide) groups is 1. The van der Waals surface area contributed by atoms with Crippen molar-refractivity contribution in [2.45, 2.75) is 13.8 Å². The van der Waals surface area contributed by atoms with Gasteiger partial charge in [-0.1, -0.05) is 48.2 Å². The van der Waals surface area contributed by atoms with Crippen molar-refractivity contribution in [3.8, 4) is 5.75 Å². The molecule has 1 fully saturated rings. The third-order valence-corrected chi connectivity index (χ3v) is 5.40. The molecule has 0 spiro atoms. The zero-order chi connectivity index (χ0) is 19.6. The van der Waals surface area contributed by atoms with Gasteiger partial charge in [-0.25, -0.2) is 4.79 Å². The van der Waals surface area contributed by atoms with Gasteiger partial charge < -0.3 is 9.84 Å². The second-order valence-electron chi connectivity index (χ2n) is 6.01. The lowest BCUT2D eigenvalue weighted by molar-refractivity contribution is -0.139. The summed E-state index contributed by atoms with van der Waals surface area (Å²) < 4.78 is 5.76. The van der Waals surface area contributed by atoms with Crippen LogP contribution < -0.4 is 9.64 Å². The van der Waals surface area contributed by atoms with E-state index >= 15 is 0 Å². The summed E-state index contributed by atoms with van der Waals surface area (Å²) in [5.41, 5.74) is 3.58. The molecule has 138 valence electrons. The number of hydrogen-bond acceptors (Lipinski definition) is 5. The Balaban J connectivity index is 1.91. The minimum absolute atomic E-state index is 0.207. The molecule has 0 bridgehead atoms. The topological polar surface area (TPSA) is 66.8 Å². The van der Waals surface area contributed by atoms with Crippen LogP contribution in [0.5, 0.6) is 5.75 Å². The van der Waals surface area contributed by atoms with Crippen LogP contribution in [0, 0.1) is 13.8 Å². The van der Waals surface area contributed by atoms with Crippen LogP contribution in [0.4, 0.5) is 5.69 Å². The van der Waals surface area contributed by atoms with Gasteiger partial charge in [0.25, 0.3) is 5.91 Å². The number of thiocarbonyl (C=S) groups is 1. The molecule has 0 aromatic heterocycles. The SMILES string of the molecule is Cc1ccc(N2C(=O)/C(=C\c3ccccc3OCC(=O)O)SC2=S)cc1C. The Morgan fingerprint density at radius 3 is 2.67 bits per heavy atom. The maximum atomic E-state index is 12.9. The van der Waals surface area contributed by atoms with Crippen molar-refractivity contribution in [1.29, 1.82) is 0 Å². The lowest BCUT2D eigenvalue weighted by Crippen LogP contribution is -2.27. The summed E-state index contributed by atoms with van der Waals surface area (Å²) in [6, 6.07) is 12.7. The first kappa shape index (κ1) is 19.1. The number of aliphatic carboxylic acids is 1. The van der Waals surface area contributed by atoms with Gasteiger partial charge in [-0.15, -0.1) is 0 Å². The Morgan fingerprint density at radius 1 is 1.22 bits per heavy atom. The predicted molar refractivity (Wildman–Crippen MR) is 111 cm³/mol. The number of carbonyl (C=O) groups is 2. The highest BCUT2D eigenvalue weighted by Crippen LogP contribution is 2.37. The fraction of sp³-hybridized carbons (Fsp3) is 0.150. The van der Waals surface area contributed by atoms with Gasteiger partial charge in [0.15, 0.2) is 10.9 Å². The summed E-state index contributed by atoms with van der Waals surface area (Å²) in [5.74, 6) is -0.872. The van der Waals surface area contributed by atoms with Gasteiger partial charge in [0.1, 0.15) is 5.75 Å². The molecule has 0 atom stereocenters. The number of aryl methyl sites for hydroxylation is 2. The Hall–Kier alpha value is -2.64. The number of hydrogen-bond donors (Lipinski definition) is 1. The molecule has 1 aliphatic rings. The molecule has 1 aliphatic heterocycles. The van der Waals surface area contributed by atoms with E-state index in [0.29, 0.717) is 20.5 Å². The monoisotopic (exact) mass is 399 g/mol. The van der Waals surface area contributed by atoms with Gasteiger partial charge >= 0.3 is 5.97 Å². The molecule has 0 saturated carbocycles. The van der Waals surface area contributed by atoms with Crippen LogP contribution >= 0.6 is 24.0 Å². The molecule has 1 N–H and O–H groups in total. The zero-order valence-corrected chi connectivity index (χ0v) is 16.4. The minimum Gasteiger partial charge on any atom is -0.481 e. The van der Waals surface area contributed by atoms with Crippen LogP contribution in [0.1, 0.15) is 16.7 Å². The molecule has 7 heteroatoms. The van der Waals surface area contributed by atoms with Crippen molar-refractivity contribution in [2.75, 3.05) is 11.5 Å². The average Bonchev–Trinajstić information content (AvgIpc) is 2.90. The second kappa shape index (κ2) is 7.94. The van der Waals surface area contributed by atoms with Gasteiger partial charge in [0, 0.05) is 5.56 Å². The molecule has 0 unspecified atom stereocenters. The van der Waals surface area contributed by atoms with Gasteiger partial charge in [0.05, 0.1) is 10.6 Å². The summed E-state index contributed by atoms with van der Waals surface area (Å²) >= 11 is 6.62. The van der Waals surface area contributed by atoms with E-state index in [1.165, 1.54) is 16.7 Å². The summed E-state index contributed by atoms with van der Waals surface area (Å²) in [7, 11) is 0. The van der Waals surface area contributed by atoms with Crippen molar-refractivity contribution in [2.24, 2.45) is 0 Å². The van der Waals surface area contributed by atoms with Crippen molar-refractivity contribution in [3.63, 3.8) is 0 Å². The predicted octanol–water partition coefficient (Wildman–Crippen LogP) is 4.17. The smallest absolute Gasteiger partial charge is 0.341 e.